The van der Waals surface area contributed by atoms with Crippen LogP contribution in [0.3, 0.4) is 0 Å². The number of ether oxygens (including phenoxy) is 1. The molecule has 0 saturated heterocycles. The average Bonchev–Trinajstić information content (AvgIpc) is 2.66. The quantitative estimate of drug-likeness (QED) is 0.634. The highest BCUT2D eigenvalue weighted by Gasteiger charge is 2.26. The molecule has 0 radical (unpaired) electrons. The molecule has 0 aliphatic heterocycles. The minimum atomic E-state index is -0.963. The summed E-state index contributed by atoms with van der Waals surface area (Å²) < 4.78 is 5.67. The predicted octanol–water partition coefficient (Wildman–Crippen LogP) is 5.74. The molecule has 0 spiro atoms. The van der Waals surface area contributed by atoms with Crippen molar-refractivity contribution in [3.8, 4) is 0 Å². The van der Waals surface area contributed by atoms with Crippen molar-refractivity contribution in [2.24, 2.45) is 23.7 Å². The molecule has 154 valence electrons. The molecule has 1 aromatic rings. The molecule has 4 heteroatoms. The molecule has 2 aliphatic rings. The summed E-state index contributed by atoms with van der Waals surface area (Å²) in [6.45, 7) is 4.96. The van der Waals surface area contributed by atoms with Gasteiger partial charge < -0.3 is 9.84 Å². The molecular formula is C24H34O4. The number of carbonyl (C=O) groups excluding carboxylic acids is 1. The number of esters is 1. The summed E-state index contributed by atoms with van der Waals surface area (Å²) >= 11 is 0. The van der Waals surface area contributed by atoms with Gasteiger partial charge in [-0.1, -0.05) is 52.0 Å². The first kappa shape index (κ1) is 20.9. The van der Waals surface area contributed by atoms with E-state index in [0.717, 1.165) is 25.7 Å². The Kier molecular flexibility index (Phi) is 7.14. The van der Waals surface area contributed by atoms with Gasteiger partial charge in [0, 0.05) is 0 Å². The molecule has 4 unspecified atom stereocenters. The summed E-state index contributed by atoms with van der Waals surface area (Å²) in [5.74, 6) is 0.902. The maximum atomic E-state index is 12.9. The molecule has 1 N–H and O–H groups in total. The highest BCUT2D eigenvalue weighted by molar-refractivity contribution is 5.97. The van der Waals surface area contributed by atoms with E-state index in [4.69, 9.17) is 4.74 Å². The molecular weight excluding hydrogens is 352 g/mol. The minimum Gasteiger partial charge on any atom is -0.478 e. The van der Waals surface area contributed by atoms with Gasteiger partial charge >= 0.3 is 11.9 Å². The van der Waals surface area contributed by atoms with Crippen LogP contribution in [0.2, 0.25) is 0 Å². The van der Waals surface area contributed by atoms with Crippen molar-refractivity contribution in [2.45, 2.75) is 71.6 Å². The molecule has 4 atom stereocenters. The van der Waals surface area contributed by atoms with E-state index in [0.29, 0.717) is 47.8 Å². The summed E-state index contributed by atoms with van der Waals surface area (Å²) in [6, 6.07) is 5.01. The van der Waals surface area contributed by atoms with Crippen molar-refractivity contribution in [1.82, 2.24) is 0 Å². The van der Waals surface area contributed by atoms with E-state index in [1.807, 2.05) is 0 Å². The molecule has 1 aromatic carbocycles. The highest BCUT2D eigenvalue weighted by atomic mass is 16.5. The van der Waals surface area contributed by atoms with Gasteiger partial charge in [-0.2, -0.15) is 0 Å². The summed E-state index contributed by atoms with van der Waals surface area (Å²) in [4.78, 5) is 24.6. The molecule has 28 heavy (non-hydrogen) atoms. The van der Waals surface area contributed by atoms with Gasteiger partial charge in [0.2, 0.25) is 0 Å². The van der Waals surface area contributed by atoms with Crippen LogP contribution in [0.4, 0.5) is 0 Å². The van der Waals surface area contributed by atoms with E-state index >= 15 is 0 Å². The van der Waals surface area contributed by atoms with Gasteiger partial charge in [-0.25, -0.2) is 9.59 Å². The first-order valence-electron chi connectivity index (χ1n) is 11.0. The third-order valence-corrected chi connectivity index (χ3v) is 6.66. The highest BCUT2D eigenvalue weighted by Crippen LogP contribution is 2.33. The number of carboxylic acids is 1. The monoisotopic (exact) mass is 386 g/mol. The lowest BCUT2D eigenvalue weighted by Crippen LogP contribution is -2.22. The van der Waals surface area contributed by atoms with Crippen LogP contribution < -0.4 is 0 Å². The van der Waals surface area contributed by atoms with Crippen LogP contribution in [0.1, 0.15) is 91.5 Å². The van der Waals surface area contributed by atoms with Crippen LogP contribution in [0.5, 0.6) is 0 Å². The first-order valence-corrected chi connectivity index (χ1v) is 11.0. The summed E-state index contributed by atoms with van der Waals surface area (Å²) in [6.07, 6.45) is 9.95. The largest absolute Gasteiger partial charge is 0.478 e. The lowest BCUT2D eigenvalue weighted by molar-refractivity contribution is 0.0389. The fraction of sp³-hybridized carbons (Fsp3) is 0.667. The Morgan fingerprint density at radius 3 is 2.21 bits per heavy atom. The third kappa shape index (κ3) is 5.36. The predicted molar refractivity (Wildman–Crippen MR) is 110 cm³/mol. The van der Waals surface area contributed by atoms with E-state index in [-0.39, 0.29) is 11.5 Å². The molecule has 0 bridgehead atoms. The van der Waals surface area contributed by atoms with Crippen molar-refractivity contribution in [3.05, 3.63) is 34.9 Å². The van der Waals surface area contributed by atoms with Gasteiger partial charge in [0.15, 0.2) is 0 Å². The second-order valence-corrected chi connectivity index (χ2v) is 9.22. The van der Waals surface area contributed by atoms with Crippen LogP contribution in [-0.2, 0) is 11.2 Å². The number of hydrogen-bond acceptors (Lipinski definition) is 3. The van der Waals surface area contributed by atoms with Gasteiger partial charge in [0.1, 0.15) is 0 Å². The summed E-state index contributed by atoms with van der Waals surface area (Å²) in [5, 5.41) is 9.66. The van der Waals surface area contributed by atoms with Crippen molar-refractivity contribution < 1.29 is 19.4 Å². The molecule has 4 nitrogen and oxygen atoms in total. The molecule has 2 aliphatic carbocycles. The Morgan fingerprint density at radius 1 is 0.964 bits per heavy atom. The Hall–Kier alpha value is -1.84. The van der Waals surface area contributed by atoms with Gasteiger partial charge in [-0.3, -0.25) is 0 Å². The lowest BCUT2D eigenvalue weighted by atomic mass is 9.78. The fourth-order valence-corrected chi connectivity index (χ4v) is 5.21. The number of rotatable bonds is 6. The Labute approximate surface area is 168 Å². The second-order valence-electron chi connectivity index (χ2n) is 9.22. The maximum Gasteiger partial charge on any atom is 0.338 e. The molecule has 3 rings (SSSR count). The molecule has 0 aromatic heterocycles. The van der Waals surface area contributed by atoms with Gasteiger partial charge in [-0.05, 0) is 67.1 Å². The van der Waals surface area contributed by atoms with E-state index in [1.165, 1.54) is 25.7 Å². The second kappa shape index (κ2) is 9.58. The zero-order valence-corrected chi connectivity index (χ0v) is 17.3. The van der Waals surface area contributed by atoms with Crippen LogP contribution in [-0.4, -0.2) is 23.7 Å². The Bertz CT molecular complexity index is 696. The molecule has 0 amide bonds. The van der Waals surface area contributed by atoms with Gasteiger partial charge in [-0.15, -0.1) is 0 Å². The number of aromatic carboxylic acids is 1. The van der Waals surface area contributed by atoms with Crippen LogP contribution in [0.15, 0.2) is 18.2 Å². The summed E-state index contributed by atoms with van der Waals surface area (Å²) in [7, 11) is 0. The number of carboxylic acid groups (broad SMARTS) is 1. The zero-order chi connectivity index (χ0) is 20.1. The third-order valence-electron chi connectivity index (χ3n) is 6.66. The van der Waals surface area contributed by atoms with Crippen molar-refractivity contribution in [3.63, 3.8) is 0 Å². The smallest absolute Gasteiger partial charge is 0.338 e. The van der Waals surface area contributed by atoms with Gasteiger partial charge in [0.05, 0.1) is 17.7 Å². The standard InChI is InChI=1S/C24H34O4/c1-16-6-3-8-18(12-16)14-22-20(23(25)26)10-5-11-21(22)24(27)28-15-19-9-4-7-17(2)13-19/h5,10-11,16-19H,3-4,6-9,12-15H2,1-2H3,(H,25,26). The van der Waals surface area contributed by atoms with E-state index in [9.17, 15) is 14.7 Å². The first-order chi connectivity index (χ1) is 13.4. The maximum absolute atomic E-state index is 12.9. The van der Waals surface area contributed by atoms with E-state index in [1.54, 1.807) is 18.2 Å². The summed E-state index contributed by atoms with van der Waals surface area (Å²) in [5.41, 5.74) is 1.36. The van der Waals surface area contributed by atoms with Crippen molar-refractivity contribution in [2.75, 3.05) is 6.61 Å². The molecule has 2 fully saturated rings. The van der Waals surface area contributed by atoms with E-state index < -0.39 is 5.97 Å². The number of carbonyl (C=O) groups is 2. The normalized spacial score (nSPS) is 27.9. The van der Waals surface area contributed by atoms with E-state index in [2.05, 4.69) is 13.8 Å². The fourth-order valence-electron chi connectivity index (χ4n) is 5.21. The zero-order valence-electron chi connectivity index (χ0n) is 17.3. The lowest BCUT2D eigenvalue weighted by Gasteiger charge is -2.28. The molecule has 0 heterocycles. The van der Waals surface area contributed by atoms with Crippen LogP contribution in [0.25, 0.3) is 0 Å². The van der Waals surface area contributed by atoms with Crippen LogP contribution >= 0.6 is 0 Å². The molecule has 2 saturated carbocycles. The topological polar surface area (TPSA) is 63.6 Å². The SMILES string of the molecule is CC1CCCC(COC(=O)c2cccc(C(=O)O)c2CC2CCCC(C)C2)C1. The van der Waals surface area contributed by atoms with Gasteiger partial charge in [0.25, 0.3) is 0 Å². The van der Waals surface area contributed by atoms with Crippen molar-refractivity contribution in [1.29, 1.82) is 0 Å². The number of hydrogen-bond donors (Lipinski definition) is 1. The number of benzene rings is 1. The Balaban J connectivity index is 1.74. The average molecular weight is 387 g/mol. The van der Waals surface area contributed by atoms with Crippen LogP contribution in [0, 0.1) is 23.7 Å². The minimum absolute atomic E-state index is 0.249. The van der Waals surface area contributed by atoms with Crippen molar-refractivity contribution >= 4 is 11.9 Å². The Morgan fingerprint density at radius 2 is 1.57 bits per heavy atom.